The monoisotopic (exact) mass is 432 g/mol. The molecule has 1 aromatic heterocycles. The number of phenolic OH excluding ortho intramolecular Hbond substituents is 2. The lowest BCUT2D eigenvalue weighted by atomic mass is 9.84. The lowest BCUT2D eigenvalue weighted by Crippen LogP contribution is -2.07. The first-order valence-corrected chi connectivity index (χ1v) is 11.3. The van der Waals surface area contributed by atoms with Crippen molar-refractivity contribution >= 4 is 10.8 Å². The van der Waals surface area contributed by atoms with Crippen molar-refractivity contribution in [3.05, 3.63) is 75.4 Å². The minimum absolute atomic E-state index is 0. The number of nitrogens with one attached hydrogen (secondary N) is 1. The van der Waals surface area contributed by atoms with Gasteiger partial charge in [0.25, 0.3) is 0 Å². The van der Waals surface area contributed by atoms with Gasteiger partial charge in [-0.15, -0.1) is 0 Å². The Morgan fingerprint density at radius 1 is 0.833 bits per heavy atom. The van der Waals surface area contributed by atoms with Crippen LogP contribution in [-0.2, 0) is 10.8 Å². The minimum Gasteiger partial charge on any atom is -0.507 e. The number of phenols is 2. The second-order valence-electron chi connectivity index (χ2n) is 7.59. The first-order chi connectivity index (χ1) is 13.5. The molecule has 0 fully saturated rings. The van der Waals surface area contributed by atoms with Gasteiger partial charge in [0.15, 0.2) is 0 Å². The Labute approximate surface area is 180 Å². The standard InChI is InChI=1S/C21H24N2O2.C2H6OS.H2O/c1-11-6-16(7-12(2)20(11)24)18(19-15(5)22-10-23-19)17-8-13(3)21(25)14(4)9-17;1-4(2)3;/h6-10,18,24-25H,1-5H3,(H,22,23);1-2H3;1H2. The van der Waals surface area contributed by atoms with Gasteiger partial charge in [-0.3, -0.25) is 4.21 Å². The molecule has 2 aromatic carbocycles. The summed E-state index contributed by atoms with van der Waals surface area (Å²) in [6, 6.07) is 8.05. The van der Waals surface area contributed by atoms with E-state index in [1.165, 1.54) is 0 Å². The maximum Gasteiger partial charge on any atom is 0.121 e. The molecule has 5 N–H and O–H groups in total. The van der Waals surface area contributed by atoms with E-state index >= 15 is 0 Å². The third kappa shape index (κ3) is 5.70. The van der Waals surface area contributed by atoms with E-state index in [1.807, 2.05) is 58.9 Å². The predicted molar refractivity (Wildman–Crippen MR) is 123 cm³/mol. The lowest BCUT2D eigenvalue weighted by Gasteiger charge is -2.21. The number of aryl methyl sites for hydroxylation is 5. The SMILES string of the molecule is CS(C)=O.Cc1cc(C(c2cc(C)c(O)c(C)c2)c2nc[nH]c2C)cc(C)c1O.O. The number of hydrogen-bond acceptors (Lipinski definition) is 4. The van der Waals surface area contributed by atoms with Gasteiger partial charge in [0.1, 0.15) is 11.5 Å². The number of aromatic hydroxyl groups is 2. The minimum atomic E-state index is -0.611. The molecule has 3 rings (SSSR count). The van der Waals surface area contributed by atoms with Gasteiger partial charge >= 0.3 is 0 Å². The Morgan fingerprint density at radius 3 is 1.43 bits per heavy atom. The van der Waals surface area contributed by atoms with Crippen molar-refractivity contribution in [2.45, 2.75) is 40.5 Å². The zero-order valence-electron chi connectivity index (χ0n) is 18.6. The summed E-state index contributed by atoms with van der Waals surface area (Å²) in [7, 11) is -0.611. The van der Waals surface area contributed by atoms with Crippen molar-refractivity contribution in [3.8, 4) is 11.5 Å². The van der Waals surface area contributed by atoms with E-state index in [9.17, 15) is 14.4 Å². The average Bonchev–Trinajstić information content (AvgIpc) is 3.03. The number of aromatic amines is 1. The van der Waals surface area contributed by atoms with Crippen LogP contribution in [0.1, 0.15) is 50.7 Å². The van der Waals surface area contributed by atoms with Crippen LogP contribution in [0, 0.1) is 34.6 Å². The van der Waals surface area contributed by atoms with Gasteiger partial charge in [-0.25, -0.2) is 4.98 Å². The molecule has 0 saturated heterocycles. The first-order valence-electron chi connectivity index (χ1n) is 9.38. The summed E-state index contributed by atoms with van der Waals surface area (Å²) in [5, 5.41) is 20.3. The molecular formula is C23H32N2O4S. The molecule has 0 aliphatic carbocycles. The zero-order chi connectivity index (χ0) is 21.9. The highest BCUT2D eigenvalue weighted by molar-refractivity contribution is 7.83. The van der Waals surface area contributed by atoms with Crippen molar-refractivity contribution in [2.75, 3.05) is 12.5 Å². The molecule has 0 saturated carbocycles. The predicted octanol–water partition coefficient (Wildman–Crippen LogP) is 3.71. The molecule has 0 amide bonds. The van der Waals surface area contributed by atoms with Crippen molar-refractivity contribution < 1.29 is 19.9 Å². The molecule has 0 aliphatic heterocycles. The molecule has 0 atom stereocenters. The van der Waals surface area contributed by atoms with Gasteiger partial charge < -0.3 is 20.7 Å². The molecule has 3 aromatic rings. The largest absolute Gasteiger partial charge is 0.507 e. The molecule has 1 heterocycles. The van der Waals surface area contributed by atoms with Crippen LogP contribution in [0.4, 0.5) is 0 Å². The molecule has 30 heavy (non-hydrogen) atoms. The molecular weight excluding hydrogens is 400 g/mol. The van der Waals surface area contributed by atoms with Crippen LogP contribution in [0.25, 0.3) is 0 Å². The van der Waals surface area contributed by atoms with E-state index in [1.54, 1.807) is 18.8 Å². The van der Waals surface area contributed by atoms with Crippen LogP contribution in [-0.4, -0.2) is 42.4 Å². The topological polar surface area (TPSA) is 118 Å². The van der Waals surface area contributed by atoms with Gasteiger partial charge in [0.05, 0.1) is 17.9 Å². The fourth-order valence-corrected chi connectivity index (χ4v) is 3.48. The van der Waals surface area contributed by atoms with Crippen molar-refractivity contribution in [1.82, 2.24) is 9.97 Å². The summed E-state index contributed by atoms with van der Waals surface area (Å²) in [4.78, 5) is 7.71. The number of aromatic nitrogens is 2. The van der Waals surface area contributed by atoms with Crippen molar-refractivity contribution in [3.63, 3.8) is 0 Å². The second kappa shape index (κ2) is 10.4. The normalized spacial score (nSPS) is 10.6. The second-order valence-corrected chi connectivity index (χ2v) is 9.08. The van der Waals surface area contributed by atoms with Crippen LogP contribution >= 0.6 is 0 Å². The number of nitrogens with zero attached hydrogens (tertiary/aromatic N) is 1. The number of H-pyrrole nitrogens is 1. The zero-order valence-corrected chi connectivity index (χ0v) is 19.4. The highest BCUT2D eigenvalue weighted by Gasteiger charge is 2.23. The van der Waals surface area contributed by atoms with Crippen LogP contribution in [0.5, 0.6) is 11.5 Å². The number of rotatable bonds is 3. The van der Waals surface area contributed by atoms with E-state index in [0.717, 1.165) is 44.8 Å². The van der Waals surface area contributed by atoms with Crippen molar-refractivity contribution in [2.24, 2.45) is 0 Å². The number of benzene rings is 2. The quantitative estimate of drug-likeness (QED) is 0.584. The fraction of sp³-hybridized carbons (Fsp3) is 0.348. The van der Waals surface area contributed by atoms with Gasteiger partial charge in [0.2, 0.25) is 0 Å². The summed E-state index contributed by atoms with van der Waals surface area (Å²) in [6.45, 7) is 9.65. The molecule has 7 heteroatoms. The summed E-state index contributed by atoms with van der Waals surface area (Å²) in [5.74, 6) is 0.598. The molecule has 0 aliphatic rings. The molecule has 0 unspecified atom stereocenters. The third-order valence-electron chi connectivity index (χ3n) is 4.84. The van der Waals surface area contributed by atoms with Gasteiger partial charge in [-0.1, -0.05) is 24.3 Å². The van der Waals surface area contributed by atoms with E-state index in [0.29, 0.717) is 11.5 Å². The summed E-state index contributed by atoms with van der Waals surface area (Å²) in [6.07, 6.45) is 4.98. The molecule has 0 bridgehead atoms. The summed E-state index contributed by atoms with van der Waals surface area (Å²) in [5.41, 5.74) is 7.51. The Balaban J connectivity index is 0.000000827. The van der Waals surface area contributed by atoms with E-state index in [2.05, 4.69) is 9.97 Å². The Bertz CT molecular complexity index is 936. The van der Waals surface area contributed by atoms with E-state index < -0.39 is 10.8 Å². The van der Waals surface area contributed by atoms with Gasteiger partial charge in [-0.2, -0.15) is 0 Å². The molecule has 0 spiro atoms. The van der Waals surface area contributed by atoms with E-state index in [-0.39, 0.29) is 11.4 Å². The van der Waals surface area contributed by atoms with E-state index in [4.69, 9.17) is 0 Å². The maximum atomic E-state index is 10.1. The Kier molecular flexibility index (Phi) is 8.81. The average molecular weight is 433 g/mol. The van der Waals surface area contributed by atoms with Crippen LogP contribution in [0.3, 0.4) is 0 Å². The fourth-order valence-electron chi connectivity index (χ4n) is 3.48. The summed E-state index contributed by atoms with van der Waals surface area (Å²) < 4.78 is 9.56. The maximum absolute atomic E-state index is 10.1. The summed E-state index contributed by atoms with van der Waals surface area (Å²) >= 11 is 0. The first kappa shape index (κ1) is 25.4. The van der Waals surface area contributed by atoms with Gasteiger partial charge in [-0.05, 0) is 68.0 Å². The Hall–Kier alpha value is -2.64. The highest BCUT2D eigenvalue weighted by atomic mass is 32.2. The third-order valence-corrected chi connectivity index (χ3v) is 4.84. The molecule has 0 radical (unpaired) electrons. The molecule has 6 nitrogen and oxygen atoms in total. The Morgan fingerprint density at radius 2 is 1.17 bits per heavy atom. The van der Waals surface area contributed by atoms with Crippen LogP contribution in [0.2, 0.25) is 0 Å². The molecule has 164 valence electrons. The number of imidazole rings is 1. The van der Waals surface area contributed by atoms with Gasteiger partial charge in [0, 0.05) is 29.0 Å². The highest BCUT2D eigenvalue weighted by Crippen LogP contribution is 2.38. The lowest BCUT2D eigenvalue weighted by molar-refractivity contribution is 0.466. The van der Waals surface area contributed by atoms with Crippen LogP contribution < -0.4 is 0 Å². The number of hydrogen-bond donors (Lipinski definition) is 3. The van der Waals surface area contributed by atoms with Crippen molar-refractivity contribution in [1.29, 1.82) is 0 Å². The smallest absolute Gasteiger partial charge is 0.121 e. The van der Waals surface area contributed by atoms with Crippen LogP contribution in [0.15, 0.2) is 30.6 Å².